The molecule has 0 fully saturated rings. The third-order valence-corrected chi connectivity index (χ3v) is 4.04. The Balaban J connectivity index is 2.30. The largest absolute Gasteiger partial charge is 0.507 e. The Morgan fingerprint density at radius 1 is 1.33 bits per heavy atom. The number of pyridine rings is 1. The zero-order valence-electron chi connectivity index (χ0n) is 13.4. The van der Waals surface area contributed by atoms with Gasteiger partial charge < -0.3 is 9.67 Å². The molecule has 1 aromatic carbocycles. The molecule has 0 saturated carbocycles. The van der Waals surface area contributed by atoms with Crippen molar-refractivity contribution in [1.29, 1.82) is 0 Å². The van der Waals surface area contributed by atoms with Gasteiger partial charge in [-0.1, -0.05) is 17.7 Å². The Morgan fingerprint density at radius 3 is 2.83 bits per heavy atom. The van der Waals surface area contributed by atoms with Crippen LogP contribution < -0.4 is 5.49 Å². The normalized spacial score (nSPS) is 12.8. The van der Waals surface area contributed by atoms with Gasteiger partial charge in [-0.15, -0.1) is 0 Å². The fraction of sp³-hybridized carbons (Fsp3) is 0.167. The SMILES string of the molecule is CCn1c(/C=C(\O)c2cccnc2)nc2c(Cl)cccc2/c1=N/C. The van der Waals surface area contributed by atoms with Crippen molar-refractivity contribution in [2.24, 2.45) is 4.99 Å². The average molecular weight is 341 g/mol. The first kappa shape index (κ1) is 16.2. The van der Waals surface area contributed by atoms with E-state index in [0.717, 1.165) is 10.9 Å². The lowest BCUT2D eigenvalue weighted by Gasteiger charge is -2.12. The number of aliphatic hydroxyl groups excluding tert-OH is 1. The predicted molar refractivity (Wildman–Crippen MR) is 96.6 cm³/mol. The summed E-state index contributed by atoms with van der Waals surface area (Å²) in [5.74, 6) is 0.673. The van der Waals surface area contributed by atoms with Crippen molar-refractivity contribution in [3.05, 3.63) is 64.6 Å². The molecule has 0 radical (unpaired) electrons. The number of benzene rings is 1. The minimum atomic E-state index is 0.0891. The number of aliphatic hydroxyl groups is 1. The molecule has 0 aliphatic heterocycles. The van der Waals surface area contributed by atoms with Crippen molar-refractivity contribution in [2.75, 3.05) is 7.05 Å². The molecule has 0 amide bonds. The highest BCUT2D eigenvalue weighted by atomic mass is 35.5. The fourth-order valence-corrected chi connectivity index (χ4v) is 2.84. The maximum absolute atomic E-state index is 10.4. The van der Waals surface area contributed by atoms with Crippen molar-refractivity contribution in [3.63, 3.8) is 0 Å². The second-order valence-electron chi connectivity index (χ2n) is 5.17. The molecular weight excluding hydrogens is 324 g/mol. The number of nitrogens with zero attached hydrogens (tertiary/aromatic N) is 4. The number of hydrogen-bond acceptors (Lipinski definition) is 4. The molecule has 0 unspecified atom stereocenters. The number of rotatable bonds is 3. The third-order valence-electron chi connectivity index (χ3n) is 3.74. The molecule has 24 heavy (non-hydrogen) atoms. The van der Waals surface area contributed by atoms with Crippen LogP contribution in [0.5, 0.6) is 0 Å². The zero-order chi connectivity index (χ0) is 17.1. The molecule has 5 nitrogen and oxygen atoms in total. The van der Waals surface area contributed by atoms with Crippen LogP contribution in [-0.2, 0) is 6.54 Å². The van der Waals surface area contributed by atoms with E-state index < -0.39 is 0 Å². The molecule has 2 heterocycles. The minimum Gasteiger partial charge on any atom is -0.507 e. The molecule has 3 aromatic rings. The van der Waals surface area contributed by atoms with E-state index in [4.69, 9.17) is 11.6 Å². The average Bonchev–Trinajstić information content (AvgIpc) is 2.62. The number of aromatic nitrogens is 3. The van der Waals surface area contributed by atoms with Crippen molar-refractivity contribution in [1.82, 2.24) is 14.5 Å². The molecule has 0 bridgehead atoms. The minimum absolute atomic E-state index is 0.0891. The van der Waals surface area contributed by atoms with Crippen LogP contribution in [0.4, 0.5) is 0 Å². The monoisotopic (exact) mass is 340 g/mol. The van der Waals surface area contributed by atoms with Gasteiger partial charge in [-0.05, 0) is 31.2 Å². The van der Waals surface area contributed by atoms with Crippen molar-refractivity contribution >= 4 is 34.3 Å². The number of halogens is 1. The molecule has 0 aliphatic carbocycles. The topological polar surface area (TPSA) is 63.3 Å². The molecule has 122 valence electrons. The van der Waals surface area contributed by atoms with Gasteiger partial charge in [0.05, 0.1) is 10.5 Å². The van der Waals surface area contributed by atoms with E-state index in [1.165, 1.54) is 0 Å². The molecule has 3 rings (SSSR count). The third kappa shape index (κ3) is 2.90. The van der Waals surface area contributed by atoms with Crippen LogP contribution in [0.3, 0.4) is 0 Å². The smallest absolute Gasteiger partial charge is 0.138 e. The second kappa shape index (κ2) is 6.84. The van der Waals surface area contributed by atoms with Crippen LogP contribution in [0, 0.1) is 0 Å². The van der Waals surface area contributed by atoms with Crippen molar-refractivity contribution in [2.45, 2.75) is 13.5 Å². The summed E-state index contributed by atoms with van der Waals surface area (Å²) in [4.78, 5) is 13.0. The summed E-state index contributed by atoms with van der Waals surface area (Å²) in [6.07, 6.45) is 4.87. The summed E-state index contributed by atoms with van der Waals surface area (Å²) >= 11 is 6.30. The van der Waals surface area contributed by atoms with Gasteiger partial charge in [-0.25, -0.2) is 4.98 Å². The van der Waals surface area contributed by atoms with E-state index in [-0.39, 0.29) is 5.76 Å². The van der Waals surface area contributed by atoms with Crippen LogP contribution in [0.15, 0.2) is 47.7 Å². The first-order chi connectivity index (χ1) is 11.7. The van der Waals surface area contributed by atoms with E-state index in [9.17, 15) is 5.11 Å². The lowest BCUT2D eigenvalue weighted by Crippen LogP contribution is -2.24. The van der Waals surface area contributed by atoms with E-state index >= 15 is 0 Å². The first-order valence-electron chi connectivity index (χ1n) is 7.58. The van der Waals surface area contributed by atoms with E-state index in [2.05, 4.69) is 15.0 Å². The Hall–Kier alpha value is -2.66. The van der Waals surface area contributed by atoms with Crippen molar-refractivity contribution in [3.8, 4) is 0 Å². The van der Waals surface area contributed by atoms with Gasteiger partial charge in [-0.3, -0.25) is 9.98 Å². The van der Waals surface area contributed by atoms with Crippen LogP contribution in [0.2, 0.25) is 5.02 Å². The quantitative estimate of drug-likeness (QED) is 0.739. The Kier molecular flexibility index (Phi) is 4.62. The molecule has 0 atom stereocenters. The maximum atomic E-state index is 10.4. The lowest BCUT2D eigenvalue weighted by molar-refractivity contribution is 0.514. The molecule has 2 aromatic heterocycles. The van der Waals surface area contributed by atoms with Gasteiger partial charge in [0.15, 0.2) is 0 Å². The Bertz CT molecular complexity index is 977. The highest BCUT2D eigenvalue weighted by Gasteiger charge is 2.10. The molecule has 1 N–H and O–H groups in total. The highest BCUT2D eigenvalue weighted by molar-refractivity contribution is 6.35. The van der Waals surface area contributed by atoms with E-state index in [0.29, 0.717) is 28.5 Å². The van der Waals surface area contributed by atoms with Gasteiger partial charge in [0.2, 0.25) is 0 Å². The Morgan fingerprint density at radius 2 is 2.17 bits per heavy atom. The van der Waals surface area contributed by atoms with Gasteiger partial charge in [0.1, 0.15) is 17.1 Å². The first-order valence-corrected chi connectivity index (χ1v) is 7.96. The van der Waals surface area contributed by atoms with E-state index in [1.54, 1.807) is 43.7 Å². The zero-order valence-corrected chi connectivity index (χ0v) is 14.2. The van der Waals surface area contributed by atoms with Crippen LogP contribution in [0.25, 0.3) is 22.7 Å². The van der Waals surface area contributed by atoms with E-state index in [1.807, 2.05) is 23.6 Å². The van der Waals surface area contributed by atoms with Crippen LogP contribution in [0.1, 0.15) is 18.3 Å². The molecular formula is C18H17ClN4O. The lowest BCUT2D eigenvalue weighted by atomic mass is 10.2. The van der Waals surface area contributed by atoms with Gasteiger partial charge in [-0.2, -0.15) is 0 Å². The summed E-state index contributed by atoms with van der Waals surface area (Å²) in [7, 11) is 1.73. The van der Waals surface area contributed by atoms with Gasteiger partial charge in [0, 0.05) is 43.0 Å². The second-order valence-corrected chi connectivity index (χ2v) is 5.58. The predicted octanol–water partition coefficient (Wildman–Crippen LogP) is 3.69. The number of para-hydroxylation sites is 1. The summed E-state index contributed by atoms with van der Waals surface area (Å²) in [5.41, 5.74) is 2.06. The van der Waals surface area contributed by atoms with Crippen LogP contribution in [-0.4, -0.2) is 26.7 Å². The molecule has 6 heteroatoms. The Labute approximate surface area is 144 Å². The number of fused-ring (bicyclic) bond motifs is 1. The van der Waals surface area contributed by atoms with Gasteiger partial charge in [0.25, 0.3) is 0 Å². The molecule has 0 aliphatic rings. The summed E-state index contributed by atoms with van der Waals surface area (Å²) < 4.78 is 1.94. The van der Waals surface area contributed by atoms with Gasteiger partial charge >= 0.3 is 0 Å². The number of hydrogen-bond donors (Lipinski definition) is 1. The van der Waals surface area contributed by atoms with Crippen molar-refractivity contribution < 1.29 is 5.11 Å². The fourth-order valence-electron chi connectivity index (χ4n) is 2.62. The highest BCUT2D eigenvalue weighted by Crippen LogP contribution is 2.21. The maximum Gasteiger partial charge on any atom is 0.138 e. The van der Waals surface area contributed by atoms with Crippen LogP contribution >= 0.6 is 11.6 Å². The molecule has 0 spiro atoms. The summed E-state index contributed by atoms with van der Waals surface area (Å²) in [5, 5.41) is 11.8. The standard InChI is InChI=1S/C18H17ClN4O/c1-3-23-16(10-15(24)12-6-5-9-21-11-12)22-17-13(18(23)20-2)7-4-8-14(17)19/h4-11,24H,3H2,1-2H3/b15-10-,20-18-. The summed E-state index contributed by atoms with van der Waals surface area (Å²) in [6.45, 7) is 2.67. The summed E-state index contributed by atoms with van der Waals surface area (Å²) in [6, 6.07) is 9.17. The molecule has 0 saturated heterocycles.